The summed E-state index contributed by atoms with van der Waals surface area (Å²) in [4.78, 5) is 16.0. The summed E-state index contributed by atoms with van der Waals surface area (Å²) in [5.41, 5.74) is 7.47. The molecule has 17 heavy (non-hydrogen) atoms. The Morgan fingerprint density at radius 1 is 1.18 bits per heavy atom. The quantitative estimate of drug-likeness (QED) is 0.784. The molecule has 0 atom stereocenters. The van der Waals surface area contributed by atoms with Crippen molar-refractivity contribution in [3.8, 4) is 0 Å². The van der Waals surface area contributed by atoms with Crippen LogP contribution in [0.1, 0.15) is 13.8 Å². The van der Waals surface area contributed by atoms with E-state index < -0.39 is 0 Å². The standard InChI is InChI=1S/C13H19N3O/c1-10(2)16-8-7-15(9-13(16)17)12-5-3-11(14)4-6-12/h3-6,10H,7-9,14H2,1-2H3. The van der Waals surface area contributed by atoms with Gasteiger partial charge in [-0.2, -0.15) is 0 Å². The van der Waals surface area contributed by atoms with Crippen molar-refractivity contribution >= 4 is 17.3 Å². The van der Waals surface area contributed by atoms with Gasteiger partial charge < -0.3 is 15.5 Å². The van der Waals surface area contributed by atoms with Gasteiger partial charge in [-0.25, -0.2) is 0 Å². The van der Waals surface area contributed by atoms with Gasteiger partial charge >= 0.3 is 0 Å². The number of rotatable bonds is 2. The predicted molar refractivity (Wildman–Crippen MR) is 69.9 cm³/mol. The molecule has 0 radical (unpaired) electrons. The van der Waals surface area contributed by atoms with Crippen LogP contribution < -0.4 is 10.6 Å². The summed E-state index contributed by atoms with van der Waals surface area (Å²) in [6.45, 7) is 6.24. The molecule has 1 heterocycles. The predicted octanol–water partition coefficient (Wildman–Crippen LogP) is 1.33. The first-order chi connectivity index (χ1) is 8.08. The Balaban J connectivity index is 2.07. The SMILES string of the molecule is CC(C)N1CCN(c2ccc(N)cc2)CC1=O. The van der Waals surface area contributed by atoms with Gasteiger partial charge in [-0.3, -0.25) is 4.79 Å². The summed E-state index contributed by atoms with van der Waals surface area (Å²) in [7, 11) is 0. The van der Waals surface area contributed by atoms with E-state index in [0.717, 1.165) is 24.5 Å². The maximum atomic E-state index is 11.9. The fourth-order valence-electron chi connectivity index (χ4n) is 2.14. The van der Waals surface area contributed by atoms with Crippen LogP contribution in [0.5, 0.6) is 0 Å². The monoisotopic (exact) mass is 233 g/mol. The van der Waals surface area contributed by atoms with E-state index in [2.05, 4.69) is 18.7 Å². The molecule has 1 aliphatic heterocycles. The highest BCUT2D eigenvalue weighted by atomic mass is 16.2. The van der Waals surface area contributed by atoms with Crippen LogP contribution in [0, 0.1) is 0 Å². The van der Waals surface area contributed by atoms with E-state index >= 15 is 0 Å². The molecular weight excluding hydrogens is 214 g/mol. The zero-order chi connectivity index (χ0) is 12.4. The molecule has 0 bridgehead atoms. The van der Waals surface area contributed by atoms with Crippen LogP contribution in [0.15, 0.2) is 24.3 Å². The maximum absolute atomic E-state index is 11.9. The first kappa shape index (κ1) is 11.8. The molecule has 0 spiro atoms. The normalized spacial score (nSPS) is 16.8. The van der Waals surface area contributed by atoms with E-state index in [1.807, 2.05) is 29.2 Å². The van der Waals surface area contributed by atoms with E-state index in [1.165, 1.54) is 0 Å². The van der Waals surface area contributed by atoms with Crippen LogP contribution in [0.4, 0.5) is 11.4 Å². The maximum Gasteiger partial charge on any atom is 0.242 e. The number of nitrogens with zero attached hydrogens (tertiary/aromatic N) is 2. The lowest BCUT2D eigenvalue weighted by Crippen LogP contribution is -2.52. The average Bonchev–Trinajstić information content (AvgIpc) is 2.29. The molecular formula is C13H19N3O. The highest BCUT2D eigenvalue weighted by molar-refractivity contribution is 5.83. The van der Waals surface area contributed by atoms with Crippen molar-refractivity contribution in [2.45, 2.75) is 19.9 Å². The highest BCUT2D eigenvalue weighted by Crippen LogP contribution is 2.19. The summed E-state index contributed by atoms with van der Waals surface area (Å²) < 4.78 is 0. The van der Waals surface area contributed by atoms with Crippen molar-refractivity contribution in [3.63, 3.8) is 0 Å². The lowest BCUT2D eigenvalue weighted by Gasteiger charge is -2.37. The molecule has 0 aromatic heterocycles. The Kier molecular flexibility index (Phi) is 3.22. The number of anilines is 2. The molecule has 1 fully saturated rings. The third kappa shape index (κ3) is 2.52. The fourth-order valence-corrected chi connectivity index (χ4v) is 2.14. The Labute approximate surface area is 102 Å². The Morgan fingerprint density at radius 2 is 1.82 bits per heavy atom. The number of nitrogen functional groups attached to an aromatic ring is 1. The molecule has 0 unspecified atom stereocenters. The van der Waals surface area contributed by atoms with Crippen molar-refractivity contribution in [1.82, 2.24) is 4.90 Å². The van der Waals surface area contributed by atoms with Crippen molar-refractivity contribution < 1.29 is 4.79 Å². The molecule has 1 aliphatic rings. The van der Waals surface area contributed by atoms with Gasteiger partial charge in [0.1, 0.15) is 0 Å². The molecule has 0 saturated carbocycles. The lowest BCUT2D eigenvalue weighted by molar-refractivity contribution is -0.132. The summed E-state index contributed by atoms with van der Waals surface area (Å²) >= 11 is 0. The molecule has 2 N–H and O–H groups in total. The molecule has 2 rings (SSSR count). The Morgan fingerprint density at radius 3 is 2.35 bits per heavy atom. The summed E-state index contributed by atoms with van der Waals surface area (Å²) in [5, 5.41) is 0. The second kappa shape index (κ2) is 4.65. The van der Waals surface area contributed by atoms with E-state index in [9.17, 15) is 4.79 Å². The zero-order valence-corrected chi connectivity index (χ0v) is 10.4. The van der Waals surface area contributed by atoms with E-state index in [-0.39, 0.29) is 11.9 Å². The molecule has 0 aliphatic carbocycles. The van der Waals surface area contributed by atoms with E-state index in [1.54, 1.807) is 0 Å². The molecule has 92 valence electrons. The van der Waals surface area contributed by atoms with Crippen LogP contribution in [-0.2, 0) is 4.79 Å². The Bertz CT molecular complexity index is 400. The third-order valence-corrected chi connectivity index (χ3v) is 3.14. The van der Waals surface area contributed by atoms with Crippen molar-refractivity contribution in [3.05, 3.63) is 24.3 Å². The topological polar surface area (TPSA) is 49.6 Å². The van der Waals surface area contributed by atoms with Crippen LogP contribution in [0.25, 0.3) is 0 Å². The highest BCUT2D eigenvalue weighted by Gasteiger charge is 2.25. The first-order valence-electron chi connectivity index (χ1n) is 5.98. The van der Waals surface area contributed by atoms with Gasteiger partial charge in [-0.05, 0) is 38.1 Å². The molecule has 1 aromatic rings. The molecule has 4 nitrogen and oxygen atoms in total. The number of piperazine rings is 1. The molecule has 1 amide bonds. The molecule has 1 saturated heterocycles. The van der Waals surface area contributed by atoms with Crippen LogP contribution in [-0.4, -0.2) is 36.5 Å². The Hall–Kier alpha value is -1.71. The van der Waals surface area contributed by atoms with Crippen LogP contribution in [0.3, 0.4) is 0 Å². The second-order valence-electron chi connectivity index (χ2n) is 4.69. The number of carbonyl (C=O) groups excluding carboxylic acids is 1. The summed E-state index contributed by atoms with van der Waals surface area (Å²) in [5.74, 6) is 0.197. The molecule has 1 aromatic carbocycles. The fraction of sp³-hybridized carbons (Fsp3) is 0.462. The van der Waals surface area contributed by atoms with Crippen molar-refractivity contribution in [2.24, 2.45) is 0 Å². The molecule has 4 heteroatoms. The third-order valence-electron chi connectivity index (χ3n) is 3.14. The van der Waals surface area contributed by atoms with Gasteiger partial charge in [0.25, 0.3) is 0 Å². The number of amides is 1. The van der Waals surface area contributed by atoms with Crippen molar-refractivity contribution in [1.29, 1.82) is 0 Å². The first-order valence-corrected chi connectivity index (χ1v) is 5.98. The number of hydrogen-bond acceptors (Lipinski definition) is 3. The minimum atomic E-state index is 0.197. The number of hydrogen-bond donors (Lipinski definition) is 1. The number of nitrogens with two attached hydrogens (primary N) is 1. The van der Waals surface area contributed by atoms with Gasteiger partial charge in [-0.1, -0.05) is 0 Å². The van der Waals surface area contributed by atoms with Gasteiger partial charge in [0.2, 0.25) is 5.91 Å². The smallest absolute Gasteiger partial charge is 0.242 e. The van der Waals surface area contributed by atoms with Gasteiger partial charge in [0.15, 0.2) is 0 Å². The van der Waals surface area contributed by atoms with Gasteiger partial charge in [0.05, 0.1) is 6.54 Å². The van der Waals surface area contributed by atoms with E-state index in [4.69, 9.17) is 5.73 Å². The van der Waals surface area contributed by atoms with Gasteiger partial charge in [-0.15, -0.1) is 0 Å². The number of benzene rings is 1. The van der Waals surface area contributed by atoms with Crippen molar-refractivity contribution in [2.75, 3.05) is 30.3 Å². The van der Waals surface area contributed by atoms with E-state index in [0.29, 0.717) is 6.54 Å². The summed E-state index contributed by atoms with van der Waals surface area (Å²) in [6.07, 6.45) is 0. The summed E-state index contributed by atoms with van der Waals surface area (Å²) in [6, 6.07) is 7.96. The zero-order valence-electron chi connectivity index (χ0n) is 10.4. The van der Waals surface area contributed by atoms with Crippen LogP contribution >= 0.6 is 0 Å². The average molecular weight is 233 g/mol. The minimum Gasteiger partial charge on any atom is -0.399 e. The van der Waals surface area contributed by atoms with Gasteiger partial charge in [0, 0.05) is 30.5 Å². The van der Waals surface area contributed by atoms with Crippen LogP contribution in [0.2, 0.25) is 0 Å². The lowest BCUT2D eigenvalue weighted by atomic mass is 10.2. The second-order valence-corrected chi connectivity index (χ2v) is 4.69. The largest absolute Gasteiger partial charge is 0.399 e. The number of carbonyl (C=O) groups is 1. The minimum absolute atomic E-state index is 0.197.